The minimum Gasteiger partial charge on any atom is -0.480 e. The molecule has 14 heteroatoms. The molecule has 2 saturated heterocycles. The second kappa shape index (κ2) is 16.1. The number of carbonyl (C=O) groups excluding carboxylic acids is 2. The van der Waals surface area contributed by atoms with Gasteiger partial charge in [0.2, 0.25) is 23.6 Å². The zero-order chi connectivity index (χ0) is 35.2. The minimum atomic E-state index is 0.0614. The lowest BCUT2D eigenvalue weighted by Crippen LogP contribution is -2.36. The molecule has 12 nitrogen and oxygen atoms in total. The quantitative estimate of drug-likeness (QED) is 0.172. The molecular formula is C36H40Cl2N8O4. The van der Waals surface area contributed by atoms with E-state index in [1.54, 1.807) is 26.6 Å². The standard InChI is InChI=1S/C36H40Cl2N8O4/c1-4-31(47)43-22-13-14-46(19-22)20-30-36(50-3)45-28(18-41-30)26-10-6-8-24(34(26)38)23-7-5-9-25(33(23)37)27-17-40-29(35(44-27)49-2)16-39-15-21-11-12-32(48)42-21/h5-10,17-18,21-22,39H,4,11-16,19-20H2,1-3H3,(H,42,48)(H,43,47)/t21-,22?/m0/s1. The summed E-state index contributed by atoms with van der Waals surface area (Å²) in [6.07, 6.45) is 6.10. The summed E-state index contributed by atoms with van der Waals surface area (Å²) in [5.74, 6) is 0.945. The second-order valence-corrected chi connectivity index (χ2v) is 13.1. The number of hydrogen-bond donors (Lipinski definition) is 3. The molecule has 0 radical (unpaired) electrons. The summed E-state index contributed by atoms with van der Waals surface area (Å²) in [4.78, 5) is 44.4. The van der Waals surface area contributed by atoms with E-state index < -0.39 is 0 Å². The van der Waals surface area contributed by atoms with Gasteiger partial charge in [0.15, 0.2) is 0 Å². The highest BCUT2D eigenvalue weighted by Crippen LogP contribution is 2.42. The first-order valence-corrected chi connectivity index (χ1v) is 17.4. The number of benzene rings is 2. The molecule has 2 aromatic heterocycles. The smallest absolute Gasteiger partial charge is 0.237 e. The number of halogens is 2. The van der Waals surface area contributed by atoms with Crippen LogP contribution in [0, 0.1) is 0 Å². The Hall–Kier alpha value is -4.36. The average Bonchev–Trinajstić information content (AvgIpc) is 3.76. The number of carbonyl (C=O) groups is 2. The first-order valence-electron chi connectivity index (χ1n) is 16.7. The fourth-order valence-corrected chi connectivity index (χ4v) is 6.97. The van der Waals surface area contributed by atoms with Crippen LogP contribution in [-0.4, -0.2) is 82.6 Å². The topological polar surface area (TPSA) is 143 Å². The maximum absolute atomic E-state index is 11.8. The van der Waals surface area contributed by atoms with Gasteiger partial charge in [-0.3, -0.25) is 24.5 Å². The van der Waals surface area contributed by atoms with Gasteiger partial charge in [-0.25, -0.2) is 9.97 Å². The molecule has 6 rings (SSSR count). The number of nitrogens with zero attached hydrogens (tertiary/aromatic N) is 5. The zero-order valence-corrected chi connectivity index (χ0v) is 29.8. The number of nitrogens with one attached hydrogen (secondary N) is 3. The van der Waals surface area contributed by atoms with Gasteiger partial charge >= 0.3 is 0 Å². The van der Waals surface area contributed by atoms with E-state index in [9.17, 15) is 9.59 Å². The van der Waals surface area contributed by atoms with Gasteiger partial charge in [-0.15, -0.1) is 0 Å². The van der Waals surface area contributed by atoms with Gasteiger partial charge < -0.3 is 25.4 Å². The van der Waals surface area contributed by atoms with Gasteiger partial charge in [0.25, 0.3) is 0 Å². The molecule has 0 spiro atoms. The van der Waals surface area contributed by atoms with E-state index in [0.717, 1.165) is 37.1 Å². The Morgan fingerprint density at radius 1 is 0.920 bits per heavy atom. The third-order valence-electron chi connectivity index (χ3n) is 8.95. The monoisotopic (exact) mass is 718 g/mol. The largest absolute Gasteiger partial charge is 0.480 e. The number of likely N-dealkylation sites (tertiary alicyclic amines) is 1. The summed E-state index contributed by atoms with van der Waals surface area (Å²) in [5.41, 5.74) is 5.27. The molecule has 50 heavy (non-hydrogen) atoms. The summed E-state index contributed by atoms with van der Waals surface area (Å²) in [6.45, 7) is 5.06. The SMILES string of the molecule is CCC(=O)NC1CCN(Cc2ncc(-c3cccc(-c4cccc(-c5cnc(CNC[C@@H]6CCC(=O)N6)c(OC)n5)c4Cl)c3Cl)nc2OC)C1. The second-order valence-electron chi connectivity index (χ2n) is 12.3. The highest BCUT2D eigenvalue weighted by molar-refractivity contribution is 6.39. The lowest BCUT2D eigenvalue weighted by Gasteiger charge is -2.18. The Balaban J connectivity index is 1.20. The summed E-state index contributed by atoms with van der Waals surface area (Å²) >= 11 is 14.1. The van der Waals surface area contributed by atoms with Crippen LogP contribution in [0.25, 0.3) is 33.6 Å². The molecule has 2 aromatic carbocycles. The van der Waals surface area contributed by atoms with Crippen molar-refractivity contribution in [1.82, 2.24) is 40.8 Å². The van der Waals surface area contributed by atoms with Crippen LogP contribution in [-0.2, 0) is 22.7 Å². The third kappa shape index (κ3) is 7.99. The summed E-state index contributed by atoms with van der Waals surface area (Å²) in [7, 11) is 3.13. The fraction of sp³-hybridized carbons (Fsp3) is 0.389. The molecule has 3 N–H and O–H groups in total. The van der Waals surface area contributed by atoms with Crippen LogP contribution in [0.2, 0.25) is 10.0 Å². The van der Waals surface area contributed by atoms with Crippen molar-refractivity contribution in [2.75, 3.05) is 33.9 Å². The van der Waals surface area contributed by atoms with Crippen LogP contribution in [0.15, 0.2) is 48.8 Å². The highest BCUT2D eigenvalue weighted by Gasteiger charge is 2.26. The maximum atomic E-state index is 11.8. The first kappa shape index (κ1) is 35.5. The van der Waals surface area contributed by atoms with Gasteiger partial charge in [-0.2, -0.15) is 0 Å². The van der Waals surface area contributed by atoms with E-state index in [1.165, 1.54) is 0 Å². The van der Waals surface area contributed by atoms with E-state index in [4.69, 9.17) is 47.6 Å². The van der Waals surface area contributed by atoms with Crippen LogP contribution in [0.4, 0.5) is 0 Å². The Morgan fingerprint density at radius 3 is 2.10 bits per heavy atom. The number of aromatic nitrogens is 4. The molecule has 1 unspecified atom stereocenters. The normalized spacial score (nSPS) is 17.5. The lowest BCUT2D eigenvalue weighted by atomic mass is 9.98. The van der Waals surface area contributed by atoms with Crippen LogP contribution in [0.5, 0.6) is 11.8 Å². The van der Waals surface area contributed by atoms with Crippen molar-refractivity contribution in [2.45, 2.75) is 57.8 Å². The predicted octanol–water partition coefficient (Wildman–Crippen LogP) is 5.06. The fourth-order valence-electron chi connectivity index (χ4n) is 6.32. The zero-order valence-electron chi connectivity index (χ0n) is 28.3. The van der Waals surface area contributed by atoms with Gasteiger partial charge in [0, 0.05) is 79.9 Å². The van der Waals surface area contributed by atoms with Crippen molar-refractivity contribution in [3.63, 3.8) is 0 Å². The molecule has 0 bridgehead atoms. The average molecular weight is 720 g/mol. The van der Waals surface area contributed by atoms with Crippen LogP contribution in [0.1, 0.15) is 44.0 Å². The van der Waals surface area contributed by atoms with Gasteiger partial charge in [-0.1, -0.05) is 66.5 Å². The Morgan fingerprint density at radius 2 is 1.52 bits per heavy atom. The number of ether oxygens (including phenoxy) is 2. The number of hydrogen-bond acceptors (Lipinski definition) is 10. The third-order valence-corrected chi connectivity index (χ3v) is 9.76. The Bertz CT molecular complexity index is 1880. The summed E-state index contributed by atoms with van der Waals surface area (Å²) < 4.78 is 11.2. The van der Waals surface area contributed by atoms with E-state index in [1.807, 2.05) is 43.3 Å². The van der Waals surface area contributed by atoms with E-state index in [0.29, 0.717) is 88.2 Å². The highest BCUT2D eigenvalue weighted by atomic mass is 35.5. The molecule has 2 fully saturated rings. The molecule has 0 saturated carbocycles. The first-order chi connectivity index (χ1) is 24.3. The Labute approximate surface area is 301 Å². The maximum Gasteiger partial charge on any atom is 0.237 e. The molecule has 262 valence electrons. The van der Waals surface area contributed by atoms with Gasteiger partial charge in [0.1, 0.15) is 11.4 Å². The molecule has 0 aliphatic carbocycles. The predicted molar refractivity (Wildman–Crippen MR) is 192 cm³/mol. The van der Waals surface area contributed by atoms with Crippen molar-refractivity contribution >= 4 is 35.0 Å². The molecule has 2 aliphatic heterocycles. The van der Waals surface area contributed by atoms with Crippen LogP contribution < -0.4 is 25.4 Å². The van der Waals surface area contributed by atoms with Crippen molar-refractivity contribution in [3.8, 4) is 45.4 Å². The number of rotatable bonds is 13. The molecule has 2 atom stereocenters. The lowest BCUT2D eigenvalue weighted by molar-refractivity contribution is -0.121. The van der Waals surface area contributed by atoms with Gasteiger partial charge in [0.05, 0.1) is 48.0 Å². The van der Waals surface area contributed by atoms with E-state index >= 15 is 0 Å². The van der Waals surface area contributed by atoms with Crippen molar-refractivity contribution in [2.24, 2.45) is 0 Å². The molecular weight excluding hydrogens is 679 g/mol. The van der Waals surface area contributed by atoms with Crippen molar-refractivity contribution in [1.29, 1.82) is 0 Å². The molecule has 2 amide bonds. The number of methoxy groups -OCH3 is 2. The van der Waals surface area contributed by atoms with E-state index in [2.05, 4.69) is 25.8 Å². The van der Waals surface area contributed by atoms with Crippen LogP contribution >= 0.6 is 23.2 Å². The summed E-state index contributed by atoms with van der Waals surface area (Å²) in [6, 6.07) is 11.6. The Kier molecular flexibility index (Phi) is 11.4. The van der Waals surface area contributed by atoms with Crippen LogP contribution in [0.3, 0.4) is 0 Å². The summed E-state index contributed by atoms with van der Waals surface area (Å²) in [5, 5.41) is 10.3. The van der Waals surface area contributed by atoms with E-state index in [-0.39, 0.29) is 23.9 Å². The minimum absolute atomic E-state index is 0.0614. The molecule has 4 aromatic rings. The van der Waals surface area contributed by atoms with Gasteiger partial charge in [-0.05, 0) is 12.8 Å². The number of amides is 2. The molecule has 4 heterocycles. The van der Waals surface area contributed by atoms with Crippen molar-refractivity contribution < 1.29 is 19.1 Å². The molecule has 2 aliphatic rings. The van der Waals surface area contributed by atoms with Crippen molar-refractivity contribution in [3.05, 3.63) is 70.2 Å².